The van der Waals surface area contributed by atoms with Crippen molar-refractivity contribution in [3.8, 4) is 16.9 Å². The Labute approximate surface area is 163 Å². The van der Waals surface area contributed by atoms with Gasteiger partial charge in [-0.2, -0.15) is 0 Å². The van der Waals surface area contributed by atoms with Gasteiger partial charge in [-0.25, -0.2) is 22.7 Å². The summed E-state index contributed by atoms with van der Waals surface area (Å²) in [6, 6.07) is 13.9. The molecule has 1 N–H and O–H groups in total. The van der Waals surface area contributed by atoms with Gasteiger partial charge >= 0.3 is 0 Å². The number of benzene rings is 2. The van der Waals surface area contributed by atoms with E-state index in [0.717, 1.165) is 5.56 Å². The molecule has 0 bridgehead atoms. The first-order valence-electron chi connectivity index (χ1n) is 8.26. The Kier molecular flexibility index (Phi) is 5.62. The van der Waals surface area contributed by atoms with Crippen LogP contribution in [0.4, 0.5) is 5.95 Å². The van der Waals surface area contributed by atoms with Gasteiger partial charge in [-0.15, -0.1) is 0 Å². The molecule has 27 heavy (non-hydrogen) atoms. The predicted octanol–water partition coefficient (Wildman–Crippen LogP) is 3.86. The summed E-state index contributed by atoms with van der Waals surface area (Å²) in [6.45, 7) is 1.71. The molecule has 6 nitrogen and oxygen atoms in total. The molecule has 0 amide bonds. The van der Waals surface area contributed by atoms with Crippen LogP contribution in [0.1, 0.15) is 12.5 Å². The minimum Gasteiger partial charge on any atom is -0.507 e. The molecule has 0 atom stereocenters. The lowest BCUT2D eigenvalue weighted by molar-refractivity contribution is 0.477. The number of rotatable bonds is 6. The fourth-order valence-corrected chi connectivity index (χ4v) is 3.70. The number of phenolic OH excluding ortho intramolecular Hbond substituents is 1. The van der Waals surface area contributed by atoms with E-state index in [-0.39, 0.29) is 24.0 Å². The molecule has 0 unspecified atom stereocenters. The van der Waals surface area contributed by atoms with Crippen molar-refractivity contribution in [2.75, 3.05) is 10.1 Å². The zero-order valence-corrected chi connectivity index (χ0v) is 16.2. The van der Waals surface area contributed by atoms with Gasteiger partial charge in [0.2, 0.25) is 16.0 Å². The number of hydrogen-bond acceptors (Lipinski definition) is 5. The lowest BCUT2D eigenvalue weighted by Crippen LogP contribution is -2.33. The van der Waals surface area contributed by atoms with Crippen LogP contribution in [0.2, 0.25) is 5.02 Å². The highest BCUT2D eigenvalue weighted by Crippen LogP contribution is 2.31. The number of nitrogens with zero attached hydrogens (tertiary/aromatic N) is 3. The van der Waals surface area contributed by atoms with E-state index < -0.39 is 10.0 Å². The molecule has 2 aromatic carbocycles. The van der Waals surface area contributed by atoms with Gasteiger partial charge in [-0.05, 0) is 30.7 Å². The van der Waals surface area contributed by atoms with Gasteiger partial charge in [0, 0.05) is 28.5 Å². The second-order valence-corrected chi connectivity index (χ2v) is 8.44. The van der Waals surface area contributed by atoms with E-state index in [0.29, 0.717) is 16.1 Å². The molecule has 0 spiro atoms. The smallest absolute Gasteiger partial charge is 0.239 e. The molecule has 8 heteroatoms. The number of aromatic nitrogens is 2. The maximum atomic E-state index is 12.5. The van der Waals surface area contributed by atoms with Gasteiger partial charge in [-0.3, -0.25) is 0 Å². The number of aromatic hydroxyl groups is 1. The van der Waals surface area contributed by atoms with Crippen LogP contribution in [0.5, 0.6) is 5.75 Å². The zero-order valence-electron chi connectivity index (χ0n) is 14.6. The molecule has 1 heterocycles. The highest BCUT2D eigenvalue weighted by molar-refractivity contribution is 7.92. The molecule has 0 aliphatic carbocycles. The molecule has 3 aromatic rings. The first kappa shape index (κ1) is 19.1. The van der Waals surface area contributed by atoms with E-state index in [9.17, 15) is 13.5 Å². The van der Waals surface area contributed by atoms with E-state index in [4.69, 9.17) is 11.6 Å². The van der Waals surface area contributed by atoms with Gasteiger partial charge in [0.1, 0.15) is 5.75 Å². The first-order chi connectivity index (χ1) is 12.9. The van der Waals surface area contributed by atoms with Crippen molar-refractivity contribution in [2.24, 2.45) is 0 Å². The fourth-order valence-electron chi connectivity index (χ4n) is 2.53. The summed E-state index contributed by atoms with van der Waals surface area (Å²) in [6.07, 6.45) is 2.94. The summed E-state index contributed by atoms with van der Waals surface area (Å²) in [5, 5.41) is 10.5. The normalized spacial score (nSPS) is 11.3. The molecule has 0 fully saturated rings. The van der Waals surface area contributed by atoms with E-state index in [1.807, 2.05) is 30.3 Å². The van der Waals surface area contributed by atoms with Gasteiger partial charge in [-0.1, -0.05) is 41.9 Å². The van der Waals surface area contributed by atoms with E-state index in [1.54, 1.807) is 19.1 Å². The molecule has 0 saturated carbocycles. The van der Waals surface area contributed by atoms with Gasteiger partial charge in [0.05, 0.1) is 12.3 Å². The molecule has 0 radical (unpaired) electrons. The number of phenols is 1. The van der Waals surface area contributed by atoms with Crippen molar-refractivity contribution in [3.63, 3.8) is 0 Å². The molecule has 1 aromatic heterocycles. The third-order valence-corrected chi connectivity index (χ3v) is 5.93. The lowest BCUT2D eigenvalue weighted by atomic mass is 10.1. The molecule has 0 aliphatic rings. The van der Waals surface area contributed by atoms with Crippen LogP contribution >= 0.6 is 11.6 Å². The van der Waals surface area contributed by atoms with Crippen molar-refractivity contribution in [1.82, 2.24) is 9.97 Å². The third kappa shape index (κ3) is 4.37. The standard InChI is InChI=1S/C19H18ClN3O3S/c1-2-27(25,26)23(13-14-6-4-3-5-7-14)19-21-11-15(12-22-19)17-10-16(20)8-9-18(17)24/h3-12,24H,2,13H2,1H3. The molecule has 0 saturated heterocycles. The van der Waals surface area contributed by atoms with Crippen molar-refractivity contribution in [1.29, 1.82) is 0 Å². The van der Waals surface area contributed by atoms with Gasteiger partial charge in [0.25, 0.3) is 0 Å². The van der Waals surface area contributed by atoms with Crippen LogP contribution in [-0.2, 0) is 16.6 Å². The third-order valence-electron chi connectivity index (χ3n) is 4.00. The monoisotopic (exact) mass is 403 g/mol. The maximum Gasteiger partial charge on any atom is 0.239 e. The van der Waals surface area contributed by atoms with Crippen LogP contribution in [0.15, 0.2) is 60.9 Å². The van der Waals surface area contributed by atoms with Gasteiger partial charge in [0.15, 0.2) is 0 Å². The van der Waals surface area contributed by atoms with Crippen molar-refractivity contribution < 1.29 is 13.5 Å². The minimum atomic E-state index is -3.57. The molecular weight excluding hydrogens is 386 g/mol. The Morgan fingerprint density at radius 1 is 1.07 bits per heavy atom. The topological polar surface area (TPSA) is 83.4 Å². The number of sulfonamides is 1. The van der Waals surface area contributed by atoms with Crippen molar-refractivity contribution in [3.05, 3.63) is 71.5 Å². The Balaban J connectivity index is 1.97. The van der Waals surface area contributed by atoms with Crippen LogP contribution < -0.4 is 4.31 Å². The van der Waals surface area contributed by atoms with E-state index in [1.165, 1.54) is 22.8 Å². The van der Waals surface area contributed by atoms with Crippen LogP contribution in [0.25, 0.3) is 11.1 Å². The zero-order chi connectivity index (χ0) is 19.4. The molecular formula is C19H18ClN3O3S. The summed E-state index contributed by atoms with van der Waals surface area (Å²) < 4.78 is 26.3. The maximum absolute atomic E-state index is 12.5. The quantitative estimate of drug-likeness (QED) is 0.675. The number of hydrogen-bond donors (Lipinski definition) is 1. The molecule has 0 aliphatic heterocycles. The van der Waals surface area contributed by atoms with Crippen molar-refractivity contribution in [2.45, 2.75) is 13.5 Å². The fraction of sp³-hybridized carbons (Fsp3) is 0.158. The second kappa shape index (κ2) is 7.94. The SMILES string of the molecule is CCS(=O)(=O)N(Cc1ccccc1)c1ncc(-c2cc(Cl)ccc2O)cn1. The average molecular weight is 404 g/mol. The highest BCUT2D eigenvalue weighted by Gasteiger charge is 2.23. The van der Waals surface area contributed by atoms with Crippen molar-refractivity contribution >= 4 is 27.6 Å². The molecule has 140 valence electrons. The highest BCUT2D eigenvalue weighted by atomic mass is 35.5. The second-order valence-electron chi connectivity index (χ2n) is 5.83. The Morgan fingerprint density at radius 3 is 2.37 bits per heavy atom. The van der Waals surface area contributed by atoms with Gasteiger partial charge < -0.3 is 5.11 Å². The first-order valence-corrected chi connectivity index (χ1v) is 10.2. The Hall–Kier alpha value is -2.64. The largest absolute Gasteiger partial charge is 0.507 e. The van der Waals surface area contributed by atoms with E-state index in [2.05, 4.69) is 9.97 Å². The van der Waals surface area contributed by atoms with Crippen LogP contribution in [-0.4, -0.2) is 29.2 Å². The van der Waals surface area contributed by atoms with E-state index >= 15 is 0 Å². The number of halogens is 1. The minimum absolute atomic E-state index is 0.0399. The average Bonchev–Trinajstić information content (AvgIpc) is 2.69. The van der Waals surface area contributed by atoms with Crippen LogP contribution in [0.3, 0.4) is 0 Å². The summed E-state index contributed by atoms with van der Waals surface area (Å²) in [5.41, 5.74) is 1.84. The summed E-state index contributed by atoms with van der Waals surface area (Å²) in [7, 11) is -3.57. The Bertz CT molecular complexity index is 1030. The summed E-state index contributed by atoms with van der Waals surface area (Å²) in [5.74, 6) is 0.0454. The molecule has 3 rings (SSSR count). The summed E-state index contributed by atoms with van der Waals surface area (Å²) in [4.78, 5) is 8.44. The lowest BCUT2D eigenvalue weighted by Gasteiger charge is -2.22. The summed E-state index contributed by atoms with van der Waals surface area (Å²) >= 11 is 5.98. The Morgan fingerprint density at radius 2 is 1.74 bits per heavy atom. The number of anilines is 1. The van der Waals surface area contributed by atoms with Crippen LogP contribution in [0, 0.1) is 0 Å². The predicted molar refractivity (Wildman–Crippen MR) is 106 cm³/mol.